The van der Waals surface area contributed by atoms with Crippen molar-refractivity contribution in [3.63, 3.8) is 0 Å². The lowest BCUT2D eigenvalue weighted by atomic mass is 9.92. The Hall–Kier alpha value is -2.03. The molecule has 17 heteroatoms. The van der Waals surface area contributed by atoms with Crippen LogP contribution in [0, 0.1) is 11.6 Å². The third kappa shape index (κ3) is 18.0. The molecule has 0 fully saturated rings. The number of ether oxygens (including phenoxy) is 2. The topological polar surface area (TPSA) is 118 Å². The van der Waals surface area contributed by atoms with E-state index in [0.717, 1.165) is 46.3 Å². The minimum atomic E-state index is -1.14. The zero-order valence-electron chi connectivity index (χ0n) is 36.3. The number of nitrogens with two attached hydrogens (primary N) is 1. The van der Waals surface area contributed by atoms with Crippen molar-refractivity contribution in [2.75, 3.05) is 24.3 Å². The van der Waals surface area contributed by atoms with E-state index in [9.17, 15) is 8.78 Å². The summed E-state index contributed by atoms with van der Waals surface area (Å²) in [5.41, 5.74) is 11.3. The number of benzene rings is 2. The summed E-state index contributed by atoms with van der Waals surface area (Å²) in [6, 6.07) is 8.52. The lowest BCUT2D eigenvalue weighted by Crippen LogP contribution is -2.22. The maximum absolute atomic E-state index is 14.2. The van der Waals surface area contributed by atoms with Crippen molar-refractivity contribution in [2.24, 2.45) is 0 Å². The summed E-state index contributed by atoms with van der Waals surface area (Å²) in [7, 11) is -2.14. The van der Waals surface area contributed by atoms with Gasteiger partial charge in [0.1, 0.15) is 25.1 Å². The van der Waals surface area contributed by atoms with E-state index >= 15 is 0 Å². The molecule has 4 aromatic rings. The van der Waals surface area contributed by atoms with Gasteiger partial charge in [-0.2, -0.15) is 9.97 Å². The molecule has 0 unspecified atom stereocenters. The van der Waals surface area contributed by atoms with Crippen LogP contribution in [0.4, 0.5) is 26.1 Å². The van der Waals surface area contributed by atoms with Crippen molar-refractivity contribution in [2.45, 2.75) is 144 Å². The van der Waals surface area contributed by atoms with Crippen LogP contribution >= 0.6 is 47.8 Å². The molecule has 4 rings (SSSR count). The Bertz CT molecular complexity index is 1800. The lowest BCUT2D eigenvalue weighted by Gasteiger charge is -2.21. The van der Waals surface area contributed by atoms with Crippen LogP contribution in [0.3, 0.4) is 0 Å². The summed E-state index contributed by atoms with van der Waals surface area (Å²) in [4.78, 5) is 8.50. The van der Waals surface area contributed by atoms with Gasteiger partial charge in [-0.1, -0.05) is 94.7 Å². The highest BCUT2D eigenvalue weighted by atomic mass is 79.9. The van der Waals surface area contributed by atoms with Gasteiger partial charge in [-0.3, -0.25) is 0 Å². The fourth-order valence-electron chi connectivity index (χ4n) is 5.37. The first kappa shape index (κ1) is 51.1. The second kappa shape index (κ2) is 23.1. The second-order valence-electron chi connectivity index (χ2n) is 17.8. The third-order valence-electron chi connectivity index (χ3n) is 8.76. The molecule has 2 aromatic carbocycles. The molecule has 3 N–H and O–H groups in total. The van der Waals surface area contributed by atoms with E-state index in [1.54, 1.807) is 21.5 Å². The zero-order valence-corrected chi connectivity index (χ0v) is 43.1. The monoisotopic (exact) mass is 1020 g/mol. The SMILES string of the molecule is CC(C)c1cc(F)cc(C(C)C)c1N.CC(C)c1cc(F)cc(C(C)C)c1Nc1nc(Br)nn1COCC[Si](C)(C)C.C[Si](C)(C)CCOCn1nc(Br)nc1Br. The minimum absolute atomic E-state index is 0.170. The first-order valence-electron chi connectivity index (χ1n) is 19.5. The molecule has 0 atom stereocenters. The van der Waals surface area contributed by atoms with Crippen molar-refractivity contribution in [1.29, 1.82) is 0 Å². The standard InChI is InChI=1S/C20H32BrFN4OSi.C12H18FN.C8H15Br2N3OSi/c1-13(2)16-10-15(22)11-17(14(3)4)18(16)23-20-24-19(21)25-26(20)12-27-8-9-28(5,6)7;1-7(2)10-5-9(13)6-11(8(3)4)12(10)14;1-15(2,3)5-4-14-6-13-8(10)11-7(9)12-13/h10-11,13-14H,8-9,12H2,1-7H3,(H,23,24,25);5-8H,14H2,1-4H3;4-6H2,1-3H3. The number of nitrogen functional groups attached to an aromatic ring is 1. The van der Waals surface area contributed by atoms with Crippen LogP contribution in [-0.2, 0) is 22.9 Å². The van der Waals surface area contributed by atoms with Gasteiger partial charge in [0.05, 0.1) is 0 Å². The molecule has 10 nitrogen and oxygen atoms in total. The fourth-order valence-corrected chi connectivity index (χ4v) is 8.19. The number of halogens is 5. The van der Waals surface area contributed by atoms with E-state index in [1.807, 2.05) is 27.7 Å². The summed E-state index contributed by atoms with van der Waals surface area (Å²) in [6.07, 6.45) is 0. The van der Waals surface area contributed by atoms with E-state index < -0.39 is 16.1 Å². The predicted octanol–water partition coefficient (Wildman–Crippen LogP) is 13.3. The highest BCUT2D eigenvalue weighted by Gasteiger charge is 2.20. The van der Waals surface area contributed by atoms with Crippen LogP contribution in [0.2, 0.25) is 51.4 Å². The van der Waals surface area contributed by atoms with Gasteiger partial charge in [-0.05, 0) is 130 Å². The fraction of sp³-hybridized carbons (Fsp3) is 0.600. The van der Waals surface area contributed by atoms with Crippen LogP contribution in [0.25, 0.3) is 0 Å². The minimum Gasteiger partial charge on any atom is -0.398 e. The van der Waals surface area contributed by atoms with E-state index in [0.29, 0.717) is 40.2 Å². The highest BCUT2D eigenvalue weighted by molar-refractivity contribution is 9.11. The first-order chi connectivity index (χ1) is 26.3. The van der Waals surface area contributed by atoms with Gasteiger partial charge in [0.15, 0.2) is 4.73 Å². The first-order valence-corrected chi connectivity index (χ1v) is 29.3. The summed E-state index contributed by atoms with van der Waals surface area (Å²) in [5.74, 6) is 1.05. The molecule has 0 saturated heterocycles. The van der Waals surface area contributed by atoms with Crippen molar-refractivity contribution in [3.05, 3.63) is 72.4 Å². The molecule has 2 aromatic heterocycles. The lowest BCUT2D eigenvalue weighted by molar-refractivity contribution is 0.0764. The predicted molar refractivity (Wildman–Crippen MR) is 248 cm³/mol. The van der Waals surface area contributed by atoms with Crippen molar-refractivity contribution >= 4 is 81.3 Å². The van der Waals surface area contributed by atoms with Gasteiger partial charge >= 0.3 is 0 Å². The van der Waals surface area contributed by atoms with E-state index in [-0.39, 0.29) is 35.3 Å². The average molecular weight is 1020 g/mol. The Morgan fingerprint density at radius 1 is 0.632 bits per heavy atom. The summed E-state index contributed by atoms with van der Waals surface area (Å²) < 4.78 is 43.9. The van der Waals surface area contributed by atoms with Gasteiger partial charge < -0.3 is 20.5 Å². The van der Waals surface area contributed by atoms with Gasteiger partial charge in [0.25, 0.3) is 0 Å². The molecule has 0 spiro atoms. The molecule has 0 aliphatic carbocycles. The summed E-state index contributed by atoms with van der Waals surface area (Å²) >= 11 is 9.85. The molecule has 320 valence electrons. The highest BCUT2D eigenvalue weighted by Crippen LogP contribution is 2.36. The van der Waals surface area contributed by atoms with Crippen LogP contribution < -0.4 is 11.1 Å². The number of nitrogens with zero attached hydrogens (tertiary/aromatic N) is 6. The molecule has 2 heterocycles. The number of aromatic nitrogens is 6. The Kier molecular flexibility index (Phi) is 20.7. The normalized spacial score (nSPS) is 12.0. The van der Waals surface area contributed by atoms with Gasteiger partial charge in [-0.25, -0.2) is 18.1 Å². The van der Waals surface area contributed by atoms with E-state index in [1.165, 1.54) is 18.2 Å². The Labute approximate surface area is 367 Å². The molecule has 0 bridgehead atoms. The van der Waals surface area contributed by atoms with Crippen LogP contribution in [0.1, 0.15) is 101 Å². The average Bonchev–Trinajstić information content (AvgIpc) is 3.60. The molecule has 0 aliphatic rings. The molecule has 0 saturated carbocycles. The number of rotatable bonds is 16. The molecular weight excluding hydrogens is 958 g/mol. The quantitative estimate of drug-likeness (QED) is 0.0647. The largest absolute Gasteiger partial charge is 0.398 e. The molecular formula is C40H65Br3F2N8O2Si2. The number of hydrogen-bond donors (Lipinski definition) is 2. The number of hydrogen-bond acceptors (Lipinski definition) is 8. The Morgan fingerprint density at radius 3 is 1.37 bits per heavy atom. The summed E-state index contributed by atoms with van der Waals surface area (Å²) in [5, 5.41) is 11.9. The molecule has 57 heavy (non-hydrogen) atoms. The molecule has 0 radical (unpaired) electrons. The van der Waals surface area contributed by atoms with Crippen LogP contribution in [0.15, 0.2) is 38.5 Å². The third-order valence-corrected chi connectivity index (χ3v) is 13.4. The van der Waals surface area contributed by atoms with Crippen molar-refractivity contribution in [1.82, 2.24) is 29.5 Å². The van der Waals surface area contributed by atoms with Gasteiger partial charge in [0.2, 0.25) is 15.4 Å². The van der Waals surface area contributed by atoms with E-state index in [4.69, 9.17) is 15.2 Å². The van der Waals surface area contributed by atoms with Crippen LogP contribution in [0.5, 0.6) is 0 Å². The second-order valence-corrected chi connectivity index (χ2v) is 31.1. The molecule has 0 amide bonds. The number of nitrogens with one attached hydrogen (secondary N) is 1. The molecule has 0 aliphatic heterocycles. The maximum Gasteiger partial charge on any atom is 0.228 e. The van der Waals surface area contributed by atoms with Crippen molar-refractivity contribution < 1.29 is 18.3 Å². The van der Waals surface area contributed by atoms with E-state index in [2.05, 4.69) is 140 Å². The van der Waals surface area contributed by atoms with Gasteiger partial charge in [-0.15, -0.1) is 10.2 Å². The van der Waals surface area contributed by atoms with Crippen molar-refractivity contribution in [3.8, 4) is 0 Å². The zero-order chi connectivity index (χ0) is 43.4. The van der Waals surface area contributed by atoms with Gasteiger partial charge in [0, 0.05) is 40.7 Å². The Balaban J connectivity index is 0.000000325. The maximum atomic E-state index is 14.2. The smallest absolute Gasteiger partial charge is 0.228 e. The number of anilines is 3. The van der Waals surface area contributed by atoms with Crippen LogP contribution in [-0.4, -0.2) is 58.9 Å². The Morgan fingerprint density at radius 2 is 1.00 bits per heavy atom. The summed E-state index contributed by atoms with van der Waals surface area (Å²) in [6.45, 7) is 32.6.